The molecule has 0 saturated heterocycles. The lowest BCUT2D eigenvalue weighted by Crippen LogP contribution is -2.36. The lowest BCUT2D eigenvalue weighted by Gasteiger charge is -2.26. The Balaban J connectivity index is 3.40. The van der Waals surface area contributed by atoms with Gasteiger partial charge >= 0.3 is 12.4 Å². The Morgan fingerprint density at radius 2 is 1.29 bits per heavy atom. The monoisotopic (exact) mass is 376 g/mol. The van der Waals surface area contributed by atoms with Crippen LogP contribution < -0.4 is 0 Å². The molecule has 0 fully saturated rings. The summed E-state index contributed by atoms with van der Waals surface area (Å²) in [7, 11) is -0.582. The normalized spacial score (nSPS) is 16.3. The first-order valence-corrected chi connectivity index (χ1v) is 8.26. The molecule has 1 aromatic rings. The molecular weight excluding hydrogens is 356 g/mol. The Kier molecular flexibility index (Phi) is 5.82. The van der Waals surface area contributed by atoms with E-state index in [2.05, 4.69) is 0 Å². The molecule has 0 bridgehead atoms. The van der Waals surface area contributed by atoms with Gasteiger partial charge in [-0.2, -0.15) is 26.3 Å². The van der Waals surface area contributed by atoms with Crippen LogP contribution in [-0.4, -0.2) is 16.1 Å². The smallest absolute Gasteiger partial charge is 0.166 e. The van der Waals surface area contributed by atoms with Crippen LogP contribution in [0.1, 0.15) is 50.4 Å². The van der Waals surface area contributed by atoms with E-state index in [1.807, 2.05) is 0 Å². The van der Waals surface area contributed by atoms with E-state index in [1.54, 1.807) is 20.8 Å². The summed E-state index contributed by atoms with van der Waals surface area (Å²) in [5.41, 5.74) is -2.94. The molecule has 2 atom stereocenters. The highest BCUT2D eigenvalue weighted by molar-refractivity contribution is 7.83. The summed E-state index contributed by atoms with van der Waals surface area (Å²) in [6.45, 7) is 6.47. The number of alkyl halides is 6. The summed E-state index contributed by atoms with van der Waals surface area (Å²) < 4.78 is 90.5. The number of halogens is 6. The van der Waals surface area contributed by atoms with Gasteiger partial charge in [-0.1, -0.05) is 4.21 Å². The zero-order valence-electron chi connectivity index (χ0n) is 13.9. The van der Waals surface area contributed by atoms with E-state index in [9.17, 15) is 30.6 Å². The average Bonchev–Trinajstić information content (AvgIpc) is 2.41. The summed E-state index contributed by atoms with van der Waals surface area (Å²) in [5, 5.41) is 0. The number of hydrogen-bond donors (Lipinski definition) is 0. The molecule has 1 unspecified atom stereocenters. The number of benzene rings is 1. The highest BCUT2D eigenvalue weighted by Gasteiger charge is 2.39. The van der Waals surface area contributed by atoms with E-state index in [-0.39, 0.29) is 11.6 Å². The van der Waals surface area contributed by atoms with Gasteiger partial charge in [0.2, 0.25) is 0 Å². The van der Waals surface area contributed by atoms with Crippen molar-refractivity contribution in [1.29, 1.82) is 0 Å². The first-order valence-electron chi connectivity index (χ1n) is 7.04. The molecule has 0 spiro atoms. The second-order valence-electron chi connectivity index (χ2n) is 6.53. The molecule has 0 aliphatic carbocycles. The summed E-state index contributed by atoms with van der Waals surface area (Å²) in [6.07, 6.45) is -9.80. The third-order valence-corrected chi connectivity index (χ3v) is 5.58. The van der Waals surface area contributed by atoms with E-state index in [0.717, 1.165) is 0 Å². The average molecular weight is 376 g/mol. The largest absolute Gasteiger partial charge is 0.416 e. The van der Waals surface area contributed by atoms with Crippen molar-refractivity contribution in [1.82, 2.24) is 4.31 Å². The van der Waals surface area contributed by atoms with Crippen LogP contribution >= 0.6 is 0 Å². The molecule has 2 nitrogen and oxygen atoms in total. The number of nitrogens with zero attached hydrogens (tertiary/aromatic N) is 1. The van der Waals surface area contributed by atoms with Gasteiger partial charge in [0.25, 0.3) is 0 Å². The van der Waals surface area contributed by atoms with E-state index in [1.165, 1.54) is 18.3 Å². The first kappa shape index (κ1) is 21.0. The summed E-state index contributed by atoms with van der Waals surface area (Å²) in [4.78, 5) is 0. The van der Waals surface area contributed by atoms with Gasteiger partial charge in [0.15, 0.2) is 0 Å². The van der Waals surface area contributed by atoms with Crippen LogP contribution in [0.2, 0.25) is 0 Å². The highest BCUT2D eigenvalue weighted by atomic mass is 32.2. The highest BCUT2D eigenvalue weighted by Crippen LogP contribution is 2.38. The second kappa shape index (κ2) is 6.67. The molecule has 138 valence electrons. The van der Waals surface area contributed by atoms with Crippen LogP contribution in [0.25, 0.3) is 0 Å². The Bertz CT molecular complexity index is 586. The van der Waals surface area contributed by atoms with Crippen LogP contribution in [0.4, 0.5) is 26.3 Å². The molecule has 0 aliphatic heterocycles. The molecule has 0 heterocycles. The number of thiol groups is 1. The zero-order valence-corrected chi connectivity index (χ0v) is 14.8. The van der Waals surface area contributed by atoms with Crippen molar-refractivity contribution in [2.75, 3.05) is 7.05 Å². The maximum absolute atomic E-state index is 12.9. The third-order valence-electron chi connectivity index (χ3n) is 3.51. The predicted octanol–water partition coefficient (Wildman–Crippen LogP) is 5.13. The summed E-state index contributed by atoms with van der Waals surface area (Å²) in [5.74, 6) is 0. The fourth-order valence-corrected chi connectivity index (χ4v) is 3.46. The van der Waals surface area contributed by atoms with Crippen molar-refractivity contribution < 1.29 is 30.6 Å². The number of rotatable bonds is 3. The minimum absolute atomic E-state index is 0.0833. The maximum Gasteiger partial charge on any atom is 0.416 e. The maximum atomic E-state index is 12.9. The van der Waals surface area contributed by atoms with E-state index >= 15 is 0 Å². The Labute approximate surface area is 139 Å². The Hall–Kier alpha value is -1.09. The van der Waals surface area contributed by atoms with Gasteiger partial charge in [0.1, 0.15) is 15.7 Å². The van der Waals surface area contributed by atoms with Crippen LogP contribution in [0.3, 0.4) is 0 Å². The van der Waals surface area contributed by atoms with Crippen LogP contribution in [0.5, 0.6) is 0 Å². The van der Waals surface area contributed by atoms with E-state index in [0.29, 0.717) is 12.1 Å². The van der Waals surface area contributed by atoms with Crippen molar-refractivity contribution in [3.05, 3.63) is 34.9 Å². The van der Waals surface area contributed by atoms with Crippen LogP contribution in [0.15, 0.2) is 18.2 Å². The van der Waals surface area contributed by atoms with Crippen LogP contribution in [-0.2, 0) is 27.5 Å². The van der Waals surface area contributed by atoms with Crippen molar-refractivity contribution in [2.45, 2.75) is 50.8 Å². The van der Waals surface area contributed by atoms with Gasteiger partial charge in [-0.25, -0.2) is 0 Å². The molecular formula is C15H20F6NOS+. The standard InChI is InChI=1S/C15H19F6NOS/c1-9(22(5)24(23)13(2,3)4)10-6-11(14(16,17)18)8-12(7-10)15(19,20)21/h6-9H,1-5H3/p+1/t9-,24?/m0/s1. The molecule has 0 aromatic heterocycles. The summed E-state index contributed by atoms with van der Waals surface area (Å²) in [6, 6.07) is 0.543. The molecule has 0 radical (unpaired) electrons. The lowest BCUT2D eigenvalue weighted by molar-refractivity contribution is -0.143. The van der Waals surface area contributed by atoms with Gasteiger partial charge in [-0.15, -0.1) is 4.31 Å². The molecule has 0 aliphatic rings. The molecule has 9 heteroatoms. The summed E-state index contributed by atoms with van der Waals surface area (Å²) >= 11 is 0. The Morgan fingerprint density at radius 1 is 0.917 bits per heavy atom. The fourth-order valence-electron chi connectivity index (χ4n) is 2.07. The van der Waals surface area contributed by atoms with Gasteiger partial charge in [-0.3, -0.25) is 0 Å². The predicted molar refractivity (Wildman–Crippen MR) is 81.8 cm³/mol. The third kappa shape index (κ3) is 4.95. The quantitative estimate of drug-likeness (QED) is 0.407. The fraction of sp³-hybridized carbons (Fsp3) is 0.600. The van der Waals surface area contributed by atoms with Crippen molar-refractivity contribution >= 4 is 11.0 Å². The minimum atomic E-state index is -4.90. The molecule has 0 saturated carbocycles. The van der Waals surface area contributed by atoms with Crippen molar-refractivity contribution in [3.63, 3.8) is 0 Å². The second-order valence-corrected chi connectivity index (χ2v) is 9.05. The SMILES string of the molecule is C[C@@H](c1cc(C(F)(F)F)cc(C(F)(F)F)c1)N(C)[SH+](=O)C(C)(C)C. The molecule has 1 aromatic carbocycles. The van der Waals surface area contributed by atoms with Crippen LogP contribution in [0, 0.1) is 0 Å². The molecule has 1 rings (SSSR count). The molecule has 0 amide bonds. The minimum Gasteiger partial charge on any atom is -0.166 e. The molecule has 0 N–H and O–H groups in total. The van der Waals surface area contributed by atoms with Gasteiger partial charge in [-0.05, 0) is 51.5 Å². The molecule has 24 heavy (non-hydrogen) atoms. The lowest BCUT2D eigenvalue weighted by atomic mass is 10.0. The number of hydrogen-bond acceptors (Lipinski definition) is 1. The van der Waals surface area contributed by atoms with Gasteiger partial charge in [0.05, 0.1) is 17.2 Å². The van der Waals surface area contributed by atoms with Gasteiger partial charge < -0.3 is 0 Å². The van der Waals surface area contributed by atoms with E-state index in [4.69, 9.17) is 0 Å². The topological polar surface area (TPSA) is 20.3 Å². The van der Waals surface area contributed by atoms with Crippen molar-refractivity contribution in [3.8, 4) is 0 Å². The first-order chi connectivity index (χ1) is 10.5. The Morgan fingerprint density at radius 3 is 1.58 bits per heavy atom. The zero-order chi connectivity index (χ0) is 19.1. The van der Waals surface area contributed by atoms with E-state index < -0.39 is 45.3 Å². The van der Waals surface area contributed by atoms with Crippen molar-refractivity contribution in [2.24, 2.45) is 0 Å². The van der Waals surface area contributed by atoms with Gasteiger partial charge in [0, 0.05) is 7.05 Å².